The fourth-order valence-electron chi connectivity index (χ4n) is 5.29. The minimum Gasteiger partial charge on any atom is -0.486 e. The van der Waals surface area contributed by atoms with Crippen LogP contribution >= 0.6 is 0 Å². The number of benzene rings is 1. The van der Waals surface area contributed by atoms with E-state index in [0.717, 1.165) is 73.8 Å². The predicted octanol–water partition coefficient (Wildman–Crippen LogP) is 2.26. The van der Waals surface area contributed by atoms with Crippen LogP contribution in [0, 0.1) is 0 Å². The number of carbonyl (C=O) groups is 1. The molecule has 0 bridgehead atoms. The van der Waals surface area contributed by atoms with Gasteiger partial charge in [0.2, 0.25) is 0 Å². The second-order valence-electron chi connectivity index (χ2n) is 9.71. The van der Waals surface area contributed by atoms with Crippen LogP contribution in [-0.4, -0.2) is 84.5 Å². The Labute approximate surface area is 204 Å². The number of aromatic nitrogens is 3. The summed E-state index contributed by atoms with van der Waals surface area (Å²) in [5.41, 5.74) is 4.54. The molecular formula is C25H31N7O3. The van der Waals surface area contributed by atoms with Crippen LogP contribution in [0.4, 0.5) is 17.1 Å². The number of fused-ring (bicyclic) bond motifs is 2. The standard InChI is InChI=1S/C25H31N7O3/c1-26-18-14-27-23-19(15-28-32(23)16-18)24(33)29-20-11-17-13-25(3-5-30(2)6-4-25)35-22(17)12-21(20)31-7-9-34-10-8-31/h11-12,14-16,26H,3-10,13H2,1-2H3,(H,29,33). The third-order valence-corrected chi connectivity index (χ3v) is 7.41. The Morgan fingerprint density at radius 2 is 1.91 bits per heavy atom. The normalized spacial score (nSPS) is 19.5. The second-order valence-corrected chi connectivity index (χ2v) is 9.71. The Hall–Kier alpha value is -3.37. The van der Waals surface area contributed by atoms with Crippen LogP contribution in [-0.2, 0) is 11.2 Å². The highest BCUT2D eigenvalue weighted by molar-refractivity contribution is 6.09. The van der Waals surface area contributed by atoms with E-state index in [-0.39, 0.29) is 11.5 Å². The molecule has 2 fully saturated rings. The molecule has 6 rings (SSSR count). The summed E-state index contributed by atoms with van der Waals surface area (Å²) < 4.78 is 13.8. The van der Waals surface area contributed by atoms with Crippen molar-refractivity contribution in [1.29, 1.82) is 0 Å². The number of carbonyl (C=O) groups excluding carboxylic acids is 1. The number of rotatable bonds is 4. The lowest BCUT2D eigenvalue weighted by molar-refractivity contribution is 0.0271. The van der Waals surface area contributed by atoms with Crippen molar-refractivity contribution in [3.63, 3.8) is 0 Å². The Morgan fingerprint density at radius 1 is 1.11 bits per heavy atom. The first-order valence-corrected chi connectivity index (χ1v) is 12.2. The van der Waals surface area contributed by atoms with Gasteiger partial charge in [-0.1, -0.05) is 0 Å². The van der Waals surface area contributed by atoms with E-state index in [1.165, 1.54) is 0 Å². The Kier molecular flexibility index (Phi) is 5.49. The molecule has 1 amide bonds. The SMILES string of the molecule is CNc1cnc2c(C(=O)Nc3cc4c(cc3N3CCOCC3)OC3(CCN(C)CC3)C4)cnn2c1. The zero-order chi connectivity index (χ0) is 24.0. The summed E-state index contributed by atoms with van der Waals surface area (Å²) in [6.45, 7) is 4.92. The van der Waals surface area contributed by atoms with E-state index in [1.54, 1.807) is 16.9 Å². The maximum atomic E-state index is 13.4. The number of piperidine rings is 1. The third kappa shape index (κ3) is 4.06. The summed E-state index contributed by atoms with van der Waals surface area (Å²) in [5.74, 6) is 0.707. The maximum Gasteiger partial charge on any atom is 0.261 e. The number of morpholine rings is 1. The van der Waals surface area contributed by atoms with Crippen molar-refractivity contribution in [2.45, 2.75) is 24.9 Å². The lowest BCUT2D eigenvalue weighted by Gasteiger charge is -2.37. The molecule has 0 unspecified atom stereocenters. The molecule has 2 aromatic heterocycles. The highest BCUT2D eigenvalue weighted by atomic mass is 16.5. The van der Waals surface area contributed by atoms with Crippen LogP contribution in [0.25, 0.3) is 5.65 Å². The number of hydrogen-bond acceptors (Lipinski definition) is 8. The second kappa shape index (κ2) is 8.69. The molecule has 184 valence electrons. The van der Waals surface area contributed by atoms with Crippen molar-refractivity contribution in [1.82, 2.24) is 19.5 Å². The van der Waals surface area contributed by atoms with E-state index in [0.29, 0.717) is 24.4 Å². The zero-order valence-corrected chi connectivity index (χ0v) is 20.2. The molecule has 3 aliphatic rings. The van der Waals surface area contributed by atoms with Crippen LogP contribution < -0.4 is 20.3 Å². The topological polar surface area (TPSA) is 96.3 Å². The van der Waals surface area contributed by atoms with Crippen molar-refractivity contribution in [3.8, 4) is 5.75 Å². The van der Waals surface area contributed by atoms with Crippen molar-refractivity contribution < 1.29 is 14.3 Å². The largest absolute Gasteiger partial charge is 0.486 e. The summed E-state index contributed by atoms with van der Waals surface area (Å²) in [6.07, 6.45) is 7.96. The van der Waals surface area contributed by atoms with Gasteiger partial charge >= 0.3 is 0 Å². The van der Waals surface area contributed by atoms with Gasteiger partial charge in [0.05, 0.1) is 48.9 Å². The Morgan fingerprint density at radius 3 is 2.69 bits per heavy atom. The quantitative estimate of drug-likeness (QED) is 0.591. The number of hydrogen-bond donors (Lipinski definition) is 2. The molecule has 10 nitrogen and oxygen atoms in total. The molecule has 1 aromatic carbocycles. The highest BCUT2D eigenvalue weighted by Gasteiger charge is 2.42. The number of nitrogens with zero attached hydrogens (tertiary/aromatic N) is 5. The van der Waals surface area contributed by atoms with Crippen LogP contribution in [0.15, 0.2) is 30.7 Å². The van der Waals surface area contributed by atoms with Crippen molar-refractivity contribution in [3.05, 3.63) is 41.9 Å². The van der Waals surface area contributed by atoms with Crippen LogP contribution in [0.1, 0.15) is 28.8 Å². The number of anilines is 3. The molecule has 5 heterocycles. The Balaban J connectivity index is 1.32. The molecule has 0 atom stereocenters. The number of ether oxygens (including phenoxy) is 2. The van der Waals surface area contributed by atoms with E-state index in [2.05, 4.69) is 49.7 Å². The summed E-state index contributed by atoms with van der Waals surface area (Å²) >= 11 is 0. The summed E-state index contributed by atoms with van der Waals surface area (Å²) in [6, 6.07) is 4.21. The van der Waals surface area contributed by atoms with Gasteiger partial charge in [0.15, 0.2) is 5.65 Å². The number of likely N-dealkylation sites (tertiary alicyclic amines) is 1. The number of amides is 1. The molecule has 35 heavy (non-hydrogen) atoms. The summed E-state index contributed by atoms with van der Waals surface area (Å²) in [5, 5.41) is 10.5. The van der Waals surface area contributed by atoms with Crippen LogP contribution in [0.2, 0.25) is 0 Å². The van der Waals surface area contributed by atoms with Crippen molar-refractivity contribution >= 4 is 28.6 Å². The fourth-order valence-corrected chi connectivity index (χ4v) is 5.29. The average Bonchev–Trinajstić information content (AvgIpc) is 3.46. The molecule has 2 saturated heterocycles. The molecule has 0 radical (unpaired) electrons. The summed E-state index contributed by atoms with van der Waals surface area (Å²) in [4.78, 5) is 22.5. The average molecular weight is 478 g/mol. The zero-order valence-electron chi connectivity index (χ0n) is 20.2. The fraction of sp³-hybridized carbons (Fsp3) is 0.480. The van der Waals surface area contributed by atoms with Crippen LogP contribution in [0.5, 0.6) is 5.75 Å². The minimum atomic E-state index is -0.230. The van der Waals surface area contributed by atoms with E-state index < -0.39 is 0 Å². The van der Waals surface area contributed by atoms with E-state index >= 15 is 0 Å². The van der Waals surface area contributed by atoms with Gasteiger partial charge in [-0.05, 0) is 13.1 Å². The first kappa shape index (κ1) is 22.1. The van der Waals surface area contributed by atoms with E-state index in [1.807, 2.05) is 13.2 Å². The highest BCUT2D eigenvalue weighted by Crippen LogP contribution is 2.45. The monoisotopic (exact) mass is 477 g/mol. The lowest BCUT2D eigenvalue weighted by atomic mass is 9.87. The molecule has 1 spiro atoms. The summed E-state index contributed by atoms with van der Waals surface area (Å²) in [7, 11) is 3.98. The van der Waals surface area contributed by atoms with Gasteiger partial charge < -0.3 is 29.9 Å². The molecule has 3 aromatic rings. The van der Waals surface area contributed by atoms with Gasteiger partial charge in [-0.2, -0.15) is 5.10 Å². The van der Waals surface area contributed by atoms with Gasteiger partial charge in [0.25, 0.3) is 5.91 Å². The smallest absolute Gasteiger partial charge is 0.261 e. The van der Waals surface area contributed by atoms with Crippen molar-refractivity contribution in [2.75, 3.05) is 69.0 Å². The molecular weight excluding hydrogens is 446 g/mol. The first-order chi connectivity index (χ1) is 17.0. The maximum absolute atomic E-state index is 13.4. The van der Waals surface area contributed by atoms with Crippen LogP contribution in [0.3, 0.4) is 0 Å². The Bertz CT molecular complexity index is 1260. The predicted molar refractivity (Wildman–Crippen MR) is 134 cm³/mol. The van der Waals surface area contributed by atoms with Gasteiger partial charge in [-0.25, -0.2) is 9.50 Å². The molecule has 0 saturated carbocycles. The van der Waals surface area contributed by atoms with Gasteiger partial charge in [-0.15, -0.1) is 0 Å². The van der Waals surface area contributed by atoms with Crippen molar-refractivity contribution in [2.24, 2.45) is 0 Å². The van der Waals surface area contributed by atoms with Gasteiger partial charge in [0.1, 0.15) is 16.9 Å². The van der Waals surface area contributed by atoms with Gasteiger partial charge in [-0.3, -0.25) is 4.79 Å². The van der Waals surface area contributed by atoms with Gasteiger partial charge in [0, 0.05) is 64.1 Å². The first-order valence-electron chi connectivity index (χ1n) is 12.2. The molecule has 10 heteroatoms. The minimum absolute atomic E-state index is 0.142. The molecule has 0 aliphatic carbocycles. The molecule has 2 N–H and O–H groups in total. The lowest BCUT2D eigenvalue weighted by Crippen LogP contribution is -2.45. The van der Waals surface area contributed by atoms with E-state index in [4.69, 9.17) is 9.47 Å². The molecule has 3 aliphatic heterocycles. The number of nitrogens with one attached hydrogen (secondary N) is 2. The third-order valence-electron chi connectivity index (χ3n) is 7.41. The van der Waals surface area contributed by atoms with E-state index in [9.17, 15) is 4.79 Å².